The van der Waals surface area contributed by atoms with Crippen LogP contribution in [0.15, 0.2) is 24.3 Å². The summed E-state index contributed by atoms with van der Waals surface area (Å²) in [6.07, 6.45) is 1.12. The lowest BCUT2D eigenvalue weighted by Crippen LogP contribution is -2.29. The van der Waals surface area contributed by atoms with E-state index in [4.69, 9.17) is 5.11 Å². The van der Waals surface area contributed by atoms with Gasteiger partial charge in [0.15, 0.2) is 0 Å². The Balaban J connectivity index is 1.65. The van der Waals surface area contributed by atoms with E-state index in [-0.39, 0.29) is 12.5 Å². The molecule has 1 aromatic carbocycles. The molecule has 19 heavy (non-hydrogen) atoms. The second-order valence-corrected chi connectivity index (χ2v) is 4.75. The number of nitrogens with one attached hydrogen (secondary N) is 1. The fraction of sp³-hybridized carbons (Fsp3) is 0.429. The third kappa shape index (κ3) is 4.06. The van der Waals surface area contributed by atoms with E-state index in [1.54, 1.807) is 0 Å². The zero-order valence-electron chi connectivity index (χ0n) is 10.8. The van der Waals surface area contributed by atoms with Gasteiger partial charge in [0.2, 0.25) is 5.91 Å². The Bertz CT molecular complexity index is 449. The molecule has 0 atom stereocenters. The quantitative estimate of drug-likeness (QED) is 0.802. The number of fused-ring (bicyclic) bond motifs is 1. The van der Waals surface area contributed by atoms with Crippen molar-refractivity contribution in [3.8, 4) is 0 Å². The third-order valence-electron chi connectivity index (χ3n) is 3.22. The van der Waals surface area contributed by atoms with Crippen molar-refractivity contribution in [1.29, 1.82) is 0 Å². The van der Waals surface area contributed by atoms with Crippen LogP contribution in [0.25, 0.3) is 0 Å². The van der Waals surface area contributed by atoms with E-state index < -0.39 is 5.97 Å². The largest absolute Gasteiger partial charge is 0.480 e. The van der Waals surface area contributed by atoms with Gasteiger partial charge >= 0.3 is 5.97 Å². The molecule has 0 aliphatic carbocycles. The maximum absolute atomic E-state index is 11.3. The van der Waals surface area contributed by atoms with Gasteiger partial charge in [-0.1, -0.05) is 24.3 Å². The summed E-state index contributed by atoms with van der Waals surface area (Å²) in [6.45, 7) is 2.43. The first-order valence-corrected chi connectivity index (χ1v) is 6.43. The third-order valence-corrected chi connectivity index (χ3v) is 3.22. The fourth-order valence-electron chi connectivity index (χ4n) is 2.29. The van der Waals surface area contributed by atoms with Crippen molar-refractivity contribution in [2.24, 2.45) is 0 Å². The van der Waals surface area contributed by atoms with Crippen LogP contribution in [-0.2, 0) is 22.7 Å². The summed E-state index contributed by atoms with van der Waals surface area (Å²) in [4.78, 5) is 23.9. The lowest BCUT2D eigenvalue weighted by atomic mass is 10.1. The summed E-state index contributed by atoms with van der Waals surface area (Å²) >= 11 is 0. The lowest BCUT2D eigenvalue weighted by molar-refractivity contribution is -0.137. The van der Waals surface area contributed by atoms with Gasteiger partial charge in [0.1, 0.15) is 6.54 Å². The number of carboxylic acid groups (broad SMARTS) is 1. The number of carbonyl (C=O) groups excluding carboxylic acids is 1. The average Bonchev–Trinajstić information content (AvgIpc) is 2.79. The zero-order valence-corrected chi connectivity index (χ0v) is 10.8. The molecular weight excluding hydrogens is 244 g/mol. The van der Waals surface area contributed by atoms with Gasteiger partial charge in [-0.15, -0.1) is 0 Å². The van der Waals surface area contributed by atoms with Crippen molar-refractivity contribution in [3.05, 3.63) is 35.4 Å². The van der Waals surface area contributed by atoms with Crippen molar-refractivity contribution in [3.63, 3.8) is 0 Å². The van der Waals surface area contributed by atoms with Crippen LogP contribution >= 0.6 is 0 Å². The molecule has 2 N–H and O–H groups in total. The maximum atomic E-state index is 11.3. The molecule has 1 aliphatic rings. The summed E-state index contributed by atoms with van der Waals surface area (Å²) < 4.78 is 0. The van der Waals surface area contributed by atoms with Gasteiger partial charge < -0.3 is 10.4 Å². The number of carbonyl (C=O) groups is 2. The number of rotatable bonds is 6. The number of carboxylic acids is 1. The minimum absolute atomic E-state index is 0.195. The van der Waals surface area contributed by atoms with Gasteiger partial charge in [0, 0.05) is 19.5 Å². The fourth-order valence-corrected chi connectivity index (χ4v) is 2.29. The first-order chi connectivity index (χ1) is 9.15. The second-order valence-electron chi connectivity index (χ2n) is 4.75. The number of benzene rings is 1. The number of hydrogen-bond acceptors (Lipinski definition) is 3. The molecule has 1 aromatic rings. The van der Waals surface area contributed by atoms with Crippen molar-refractivity contribution < 1.29 is 14.7 Å². The van der Waals surface area contributed by atoms with Crippen LogP contribution in [0.5, 0.6) is 0 Å². The molecule has 0 spiro atoms. The Morgan fingerprint density at radius 3 is 2.42 bits per heavy atom. The summed E-state index contributed by atoms with van der Waals surface area (Å²) in [6, 6.07) is 8.35. The Hall–Kier alpha value is -1.88. The van der Waals surface area contributed by atoms with E-state index in [9.17, 15) is 9.59 Å². The van der Waals surface area contributed by atoms with E-state index in [1.807, 2.05) is 12.1 Å². The van der Waals surface area contributed by atoms with Crippen LogP contribution in [0.2, 0.25) is 0 Å². The summed E-state index contributed by atoms with van der Waals surface area (Å²) in [5.41, 5.74) is 2.72. The minimum atomic E-state index is -1.01. The van der Waals surface area contributed by atoms with Gasteiger partial charge in [-0.25, -0.2) is 0 Å². The number of nitrogens with zero attached hydrogens (tertiary/aromatic N) is 1. The molecule has 0 fully saturated rings. The lowest BCUT2D eigenvalue weighted by Gasteiger charge is -2.14. The highest BCUT2D eigenvalue weighted by Crippen LogP contribution is 2.22. The summed E-state index contributed by atoms with van der Waals surface area (Å²) in [5.74, 6) is -1.21. The molecular formula is C14H18N2O3. The molecule has 5 nitrogen and oxygen atoms in total. The Kier molecular flexibility index (Phi) is 4.52. The molecule has 0 radical (unpaired) electrons. The normalized spacial score (nSPS) is 14.1. The minimum Gasteiger partial charge on any atom is -0.480 e. The zero-order chi connectivity index (χ0) is 13.7. The summed E-state index contributed by atoms with van der Waals surface area (Å²) in [7, 11) is 0. The molecule has 1 heterocycles. The molecule has 2 rings (SSSR count). The molecule has 0 aromatic heterocycles. The molecule has 0 bridgehead atoms. The van der Waals surface area contributed by atoms with Crippen LogP contribution < -0.4 is 5.32 Å². The van der Waals surface area contributed by atoms with Crippen molar-refractivity contribution in [2.75, 3.05) is 13.1 Å². The first-order valence-electron chi connectivity index (χ1n) is 6.43. The van der Waals surface area contributed by atoms with Gasteiger partial charge in [0.25, 0.3) is 0 Å². The Morgan fingerprint density at radius 2 is 1.84 bits per heavy atom. The maximum Gasteiger partial charge on any atom is 0.322 e. The smallest absolute Gasteiger partial charge is 0.322 e. The van der Waals surface area contributed by atoms with Gasteiger partial charge in [0.05, 0.1) is 0 Å². The average molecular weight is 262 g/mol. The molecule has 0 saturated heterocycles. The highest BCUT2D eigenvalue weighted by atomic mass is 16.4. The van der Waals surface area contributed by atoms with Crippen LogP contribution in [0.3, 0.4) is 0 Å². The first kappa shape index (κ1) is 13.5. The predicted molar refractivity (Wildman–Crippen MR) is 70.4 cm³/mol. The van der Waals surface area contributed by atoms with E-state index >= 15 is 0 Å². The SMILES string of the molecule is O=C(O)CNC(=O)CCCN1Cc2ccccc2C1. The van der Waals surface area contributed by atoms with Crippen molar-refractivity contribution in [1.82, 2.24) is 10.2 Å². The Morgan fingerprint density at radius 1 is 1.21 bits per heavy atom. The van der Waals surface area contributed by atoms with Gasteiger partial charge in [-0.2, -0.15) is 0 Å². The van der Waals surface area contributed by atoms with Crippen molar-refractivity contribution in [2.45, 2.75) is 25.9 Å². The molecule has 5 heteroatoms. The predicted octanol–water partition coefficient (Wildman–Crippen LogP) is 0.983. The molecule has 0 unspecified atom stereocenters. The number of aliphatic carboxylic acids is 1. The monoisotopic (exact) mass is 262 g/mol. The van der Waals surface area contributed by atoms with Crippen molar-refractivity contribution >= 4 is 11.9 Å². The number of amides is 1. The van der Waals surface area contributed by atoms with E-state index in [0.717, 1.165) is 26.1 Å². The molecule has 102 valence electrons. The topological polar surface area (TPSA) is 69.6 Å². The Labute approximate surface area is 112 Å². The standard InChI is InChI=1S/C14H18N2O3/c17-13(15-8-14(18)19)6-3-7-16-9-11-4-1-2-5-12(11)10-16/h1-2,4-5H,3,6-10H2,(H,15,17)(H,18,19). The molecule has 0 saturated carbocycles. The van der Waals surface area contributed by atoms with Crippen LogP contribution in [0, 0.1) is 0 Å². The highest BCUT2D eigenvalue weighted by molar-refractivity contribution is 5.80. The van der Waals surface area contributed by atoms with Gasteiger partial charge in [-0.05, 0) is 24.1 Å². The van der Waals surface area contributed by atoms with Crippen LogP contribution in [-0.4, -0.2) is 35.0 Å². The second kappa shape index (κ2) is 6.33. The van der Waals surface area contributed by atoms with E-state index in [1.165, 1.54) is 11.1 Å². The highest BCUT2D eigenvalue weighted by Gasteiger charge is 2.17. The van der Waals surface area contributed by atoms with Crippen LogP contribution in [0.4, 0.5) is 0 Å². The molecule has 1 amide bonds. The van der Waals surface area contributed by atoms with Crippen LogP contribution in [0.1, 0.15) is 24.0 Å². The summed E-state index contributed by atoms with van der Waals surface area (Å²) in [5, 5.41) is 10.8. The van der Waals surface area contributed by atoms with E-state index in [0.29, 0.717) is 6.42 Å². The van der Waals surface area contributed by atoms with E-state index in [2.05, 4.69) is 22.3 Å². The molecule has 1 aliphatic heterocycles. The van der Waals surface area contributed by atoms with Gasteiger partial charge in [-0.3, -0.25) is 14.5 Å². The number of hydrogen-bond donors (Lipinski definition) is 2.